The molecule has 5 rings (SSSR count). The minimum absolute atomic E-state index is 0.00216. The average molecular weight is 390 g/mol. The van der Waals surface area contributed by atoms with E-state index in [-0.39, 0.29) is 28.1 Å². The number of pyridine rings is 1. The van der Waals surface area contributed by atoms with Gasteiger partial charge in [-0.1, -0.05) is 17.7 Å². The van der Waals surface area contributed by atoms with E-state index in [2.05, 4.69) is 20.4 Å². The van der Waals surface area contributed by atoms with Crippen molar-refractivity contribution < 1.29 is 14.2 Å². The third kappa shape index (κ3) is 2.55. The fourth-order valence-corrected chi connectivity index (χ4v) is 4.23. The summed E-state index contributed by atoms with van der Waals surface area (Å²) in [4.78, 5) is 2.33. The molecule has 0 bridgehead atoms. The molecule has 0 unspecified atom stereocenters. The smallest absolute Gasteiger partial charge is 0.169 e. The van der Waals surface area contributed by atoms with Crippen molar-refractivity contribution in [2.24, 2.45) is 0 Å². The number of nitrogens with zero attached hydrogens (tertiary/aromatic N) is 4. The van der Waals surface area contributed by atoms with E-state index in [1.165, 1.54) is 24.5 Å². The van der Waals surface area contributed by atoms with Crippen LogP contribution in [0.2, 0.25) is 5.02 Å². The van der Waals surface area contributed by atoms with Gasteiger partial charge >= 0.3 is 0 Å². The van der Waals surface area contributed by atoms with Crippen LogP contribution < -0.4 is 10.1 Å². The molecule has 2 N–H and O–H groups in total. The topological polar surface area (TPSA) is 74.9 Å². The normalized spacial score (nSPS) is 20.0. The van der Waals surface area contributed by atoms with Crippen LogP contribution in [0.25, 0.3) is 16.9 Å². The zero-order valence-electron chi connectivity index (χ0n) is 14.3. The summed E-state index contributed by atoms with van der Waals surface area (Å²) < 4.78 is 22.3. The molecule has 2 aliphatic heterocycles. The summed E-state index contributed by atoms with van der Waals surface area (Å²) in [6.45, 7) is 3.71. The van der Waals surface area contributed by atoms with Gasteiger partial charge in [-0.05, 0) is 12.1 Å². The minimum atomic E-state index is -0.581. The monoisotopic (exact) mass is 389 g/mol. The largest absolute Gasteiger partial charge is 0.507 e. The number of nitrogens with one attached hydrogen (secondary N) is 1. The summed E-state index contributed by atoms with van der Waals surface area (Å²) in [6, 6.07) is 4.36. The highest BCUT2D eigenvalue weighted by atomic mass is 35.5. The van der Waals surface area contributed by atoms with E-state index in [4.69, 9.17) is 16.3 Å². The van der Waals surface area contributed by atoms with E-state index < -0.39 is 5.82 Å². The summed E-state index contributed by atoms with van der Waals surface area (Å²) in [7, 11) is 0. The summed E-state index contributed by atoms with van der Waals surface area (Å²) in [5.74, 6) is -0.312. The molecule has 0 spiro atoms. The predicted molar refractivity (Wildman–Crippen MR) is 97.6 cm³/mol. The van der Waals surface area contributed by atoms with Gasteiger partial charge in [0.25, 0.3) is 0 Å². The molecule has 140 valence electrons. The fraction of sp³-hybridized carbons (Fsp3) is 0.333. The average Bonchev–Trinajstić information content (AvgIpc) is 3.05. The highest BCUT2D eigenvalue weighted by Crippen LogP contribution is 2.44. The van der Waals surface area contributed by atoms with Crippen molar-refractivity contribution >= 4 is 17.2 Å². The Morgan fingerprint density at radius 2 is 2.26 bits per heavy atom. The number of aromatic hydroxyl groups is 1. The summed E-state index contributed by atoms with van der Waals surface area (Å²) >= 11 is 6.70. The van der Waals surface area contributed by atoms with Gasteiger partial charge in [0.05, 0.1) is 22.9 Å². The fourth-order valence-electron chi connectivity index (χ4n) is 3.88. The van der Waals surface area contributed by atoms with Crippen LogP contribution in [0.15, 0.2) is 24.5 Å². The van der Waals surface area contributed by atoms with Gasteiger partial charge in [-0.3, -0.25) is 9.30 Å². The van der Waals surface area contributed by atoms with Crippen LogP contribution in [0.5, 0.6) is 11.5 Å². The number of rotatable bonds is 1. The van der Waals surface area contributed by atoms with Gasteiger partial charge in [-0.2, -0.15) is 0 Å². The number of hydrogen-bond acceptors (Lipinski definition) is 6. The second-order valence-corrected chi connectivity index (χ2v) is 7.15. The molecule has 3 aromatic rings. The zero-order chi connectivity index (χ0) is 18.5. The third-order valence-electron chi connectivity index (χ3n) is 5.22. The van der Waals surface area contributed by atoms with Crippen LogP contribution in [-0.2, 0) is 6.54 Å². The SMILES string of the molecule is Oc1cccc(F)c1-c1c(Cl)c2c(c3nncn13)CN1CCNC[C@@H]1CO2. The van der Waals surface area contributed by atoms with Crippen molar-refractivity contribution in [2.45, 2.75) is 12.6 Å². The number of hydrogen-bond donors (Lipinski definition) is 2. The first-order chi connectivity index (χ1) is 13.1. The molecule has 4 heterocycles. The first-order valence-electron chi connectivity index (χ1n) is 8.74. The lowest BCUT2D eigenvalue weighted by Gasteiger charge is -2.33. The maximum absolute atomic E-state index is 14.6. The molecule has 1 saturated heterocycles. The Labute approximate surface area is 159 Å². The molecular weight excluding hydrogens is 373 g/mol. The Morgan fingerprint density at radius 1 is 1.37 bits per heavy atom. The summed E-state index contributed by atoms with van der Waals surface area (Å²) in [5, 5.41) is 22.1. The summed E-state index contributed by atoms with van der Waals surface area (Å²) in [5.41, 5.74) is 1.65. The van der Waals surface area contributed by atoms with Gasteiger partial charge < -0.3 is 15.2 Å². The molecule has 2 aliphatic rings. The Kier molecular flexibility index (Phi) is 3.92. The van der Waals surface area contributed by atoms with Gasteiger partial charge in [-0.25, -0.2) is 4.39 Å². The number of benzene rings is 1. The van der Waals surface area contributed by atoms with Crippen molar-refractivity contribution in [3.63, 3.8) is 0 Å². The first kappa shape index (κ1) is 16.7. The van der Waals surface area contributed by atoms with Crippen molar-refractivity contribution in [3.05, 3.63) is 40.9 Å². The van der Waals surface area contributed by atoms with Crippen LogP contribution in [-0.4, -0.2) is 56.9 Å². The van der Waals surface area contributed by atoms with Crippen molar-refractivity contribution in [1.82, 2.24) is 24.8 Å². The van der Waals surface area contributed by atoms with Crippen LogP contribution in [0, 0.1) is 5.82 Å². The predicted octanol–water partition coefficient (Wildman–Crippen LogP) is 2.06. The molecule has 0 amide bonds. The number of ether oxygens (including phenoxy) is 1. The second-order valence-electron chi connectivity index (χ2n) is 6.77. The Bertz CT molecular complexity index is 1020. The lowest BCUT2D eigenvalue weighted by molar-refractivity contribution is 0.120. The van der Waals surface area contributed by atoms with Gasteiger partial charge in [0.15, 0.2) is 5.65 Å². The third-order valence-corrected chi connectivity index (χ3v) is 5.57. The van der Waals surface area contributed by atoms with E-state index in [0.29, 0.717) is 24.5 Å². The maximum Gasteiger partial charge on any atom is 0.169 e. The Balaban J connectivity index is 1.77. The summed E-state index contributed by atoms with van der Waals surface area (Å²) in [6.07, 6.45) is 1.48. The van der Waals surface area contributed by atoms with E-state index in [1.807, 2.05) is 0 Å². The number of halogens is 2. The number of phenolic OH excluding ortho intramolecular Hbond substituents is 1. The molecule has 1 atom stereocenters. The van der Waals surface area contributed by atoms with Gasteiger partial charge in [0, 0.05) is 26.2 Å². The number of fused-ring (bicyclic) bond motifs is 4. The molecule has 0 aliphatic carbocycles. The standard InChI is InChI=1S/C18H17ClFN5O2/c19-15-16(14-12(20)2-1-3-13(14)26)25-9-22-23-18(25)11-7-24-5-4-21-6-10(24)8-27-17(11)15/h1-3,9-10,21,26H,4-8H2/t10-/m1/s1. The molecule has 1 fully saturated rings. The van der Waals surface area contributed by atoms with Crippen LogP contribution in [0.4, 0.5) is 4.39 Å². The molecule has 0 saturated carbocycles. The van der Waals surface area contributed by atoms with Crippen LogP contribution >= 0.6 is 11.6 Å². The van der Waals surface area contributed by atoms with Crippen molar-refractivity contribution in [1.29, 1.82) is 0 Å². The van der Waals surface area contributed by atoms with Crippen LogP contribution in [0.1, 0.15) is 5.56 Å². The molecule has 2 aromatic heterocycles. The van der Waals surface area contributed by atoms with Gasteiger partial charge in [0.2, 0.25) is 0 Å². The van der Waals surface area contributed by atoms with Gasteiger partial charge in [0.1, 0.15) is 35.3 Å². The molecule has 7 nitrogen and oxygen atoms in total. The highest BCUT2D eigenvalue weighted by molar-refractivity contribution is 6.35. The van der Waals surface area contributed by atoms with Gasteiger partial charge in [-0.15, -0.1) is 10.2 Å². The molecular formula is C18H17ClFN5O2. The van der Waals surface area contributed by atoms with E-state index in [9.17, 15) is 9.50 Å². The first-order valence-corrected chi connectivity index (χ1v) is 9.12. The molecule has 27 heavy (non-hydrogen) atoms. The molecule has 9 heteroatoms. The quantitative estimate of drug-likeness (QED) is 0.663. The van der Waals surface area contributed by atoms with Crippen LogP contribution in [0.3, 0.4) is 0 Å². The van der Waals surface area contributed by atoms with E-state index in [1.54, 1.807) is 4.40 Å². The Hall–Kier alpha value is -2.42. The number of piperazine rings is 1. The number of aromatic nitrogens is 3. The Morgan fingerprint density at radius 3 is 3.11 bits per heavy atom. The second kappa shape index (κ2) is 6.33. The lowest BCUT2D eigenvalue weighted by atomic mass is 10.1. The van der Waals surface area contributed by atoms with Crippen molar-refractivity contribution in [3.8, 4) is 22.8 Å². The van der Waals surface area contributed by atoms with E-state index in [0.717, 1.165) is 25.2 Å². The van der Waals surface area contributed by atoms with Crippen molar-refractivity contribution in [2.75, 3.05) is 26.2 Å². The minimum Gasteiger partial charge on any atom is -0.507 e. The number of phenols is 1. The molecule has 1 aromatic carbocycles. The lowest BCUT2D eigenvalue weighted by Crippen LogP contribution is -2.52. The zero-order valence-corrected chi connectivity index (χ0v) is 15.1. The molecule has 0 radical (unpaired) electrons. The van der Waals surface area contributed by atoms with E-state index >= 15 is 0 Å². The highest BCUT2D eigenvalue weighted by Gasteiger charge is 2.32. The maximum atomic E-state index is 14.6.